The van der Waals surface area contributed by atoms with Crippen molar-refractivity contribution in [2.45, 2.75) is 24.5 Å². The van der Waals surface area contributed by atoms with Gasteiger partial charge in [-0.05, 0) is 24.3 Å². The van der Waals surface area contributed by atoms with Gasteiger partial charge in [0.25, 0.3) is 5.91 Å². The number of amides is 1. The van der Waals surface area contributed by atoms with Crippen LogP contribution in [0.3, 0.4) is 0 Å². The number of carbonyl (C=O) groups is 1. The quantitative estimate of drug-likeness (QED) is 0.130. The number of nitrogens with two attached hydrogens (primary N) is 1. The molecule has 3 aromatic heterocycles. The standard InChI is InChI=1S/C26H23N7O6S/c27-22-18-23(30-10-29-22)33(11-31-18)26-21(37)20(36)16(39-26)5-3-7-28-24(38)13-8-12(9-15(34)19(13)35)25-32-14-4-1-2-6-17(14)40-25/h1-6,8-11,16,20-21,26,34-37H,7H2,(H,28,38)(H2,27,29,30). The first-order chi connectivity index (χ1) is 19.3. The number of aromatic nitrogens is 5. The molecule has 6 rings (SSSR count). The van der Waals surface area contributed by atoms with Crippen LogP contribution in [0.2, 0.25) is 0 Å². The van der Waals surface area contributed by atoms with E-state index in [1.54, 1.807) is 6.08 Å². The van der Waals surface area contributed by atoms with E-state index in [1.165, 1.54) is 46.8 Å². The van der Waals surface area contributed by atoms with Crippen molar-refractivity contribution in [1.82, 2.24) is 29.8 Å². The summed E-state index contributed by atoms with van der Waals surface area (Å²) in [6, 6.07) is 10.4. The second-order valence-corrected chi connectivity index (χ2v) is 10.1. The molecular weight excluding hydrogens is 538 g/mol. The van der Waals surface area contributed by atoms with Crippen molar-refractivity contribution in [3.63, 3.8) is 0 Å². The Hall–Kier alpha value is -4.63. The highest BCUT2D eigenvalue weighted by Gasteiger charge is 2.43. The molecule has 5 aromatic rings. The van der Waals surface area contributed by atoms with E-state index in [2.05, 4.69) is 25.3 Å². The molecule has 40 heavy (non-hydrogen) atoms. The number of aliphatic hydroxyl groups is 2. The van der Waals surface area contributed by atoms with Gasteiger partial charge in [0.2, 0.25) is 0 Å². The van der Waals surface area contributed by atoms with Crippen LogP contribution in [0.4, 0.5) is 5.82 Å². The van der Waals surface area contributed by atoms with Crippen molar-refractivity contribution in [3.8, 4) is 22.1 Å². The smallest absolute Gasteiger partial charge is 0.255 e. The molecule has 1 amide bonds. The van der Waals surface area contributed by atoms with Crippen molar-refractivity contribution in [1.29, 1.82) is 0 Å². The van der Waals surface area contributed by atoms with Gasteiger partial charge in [-0.15, -0.1) is 11.3 Å². The SMILES string of the molecule is Nc1ncnc2c1ncn2C1OC(C=CCNC(=O)c2cc(-c3nc4ccccc4s3)cc(O)c2O)C(O)C1O. The van der Waals surface area contributed by atoms with Crippen molar-refractivity contribution < 1.29 is 30.0 Å². The lowest BCUT2D eigenvalue weighted by atomic mass is 10.1. The number of fused-ring (bicyclic) bond motifs is 2. The number of nitrogens with zero attached hydrogens (tertiary/aromatic N) is 5. The number of nitrogen functional groups attached to an aromatic ring is 1. The predicted molar refractivity (Wildman–Crippen MR) is 146 cm³/mol. The molecular formula is C26H23N7O6S. The van der Waals surface area contributed by atoms with E-state index >= 15 is 0 Å². The molecule has 0 saturated carbocycles. The fourth-order valence-corrected chi connectivity index (χ4v) is 5.44. The number of imidazole rings is 1. The van der Waals surface area contributed by atoms with Gasteiger partial charge in [-0.3, -0.25) is 9.36 Å². The third kappa shape index (κ3) is 4.48. The molecule has 4 heterocycles. The maximum atomic E-state index is 12.9. The second-order valence-electron chi connectivity index (χ2n) is 9.07. The molecule has 14 heteroatoms. The Morgan fingerprint density at radius 1 is 1.15 bits per heavy atom. The number of rotatable bonds is 6. The molecule has 1 saturated heterocycles. The highest BCUT2D eigenvalue weighted by atomic mass is 32.1. The Bertz CT molecular complexity index is 1740. The summed E-state index contributed by atoms with van der Waals surface area (Å²) in [5.41, 5.74) is 7.66. The molecule has 0 aliphatic carbocycles. The normalized spacial score (nSPS) is 21.1. The molecule has 0 radical (unpaired) electrons. The summed E-state index contributed by atoms with van der Waals surface area (Å²) in [4.78, 5) is 29.6. The summed E-state index contributed by atoms with van der Waals surface area (Å²) in [6.45, 7) is 0.00943. The number of nitrogens with one attached hydrogen (secondary N) is 1. The second kappa shape index (κ2) is 10.2. The molecule has 7 N–H and O–H groups in total. The number of aliphatic hydroxyl groups excluding tert-OH is 2. The molecule has 204 valence electrons. The lowest BCUT2D eigenvalue weighted by molar-refractivity contribution is -0.0245. The summed E-state index contributed by atoms with van der Waals surface area (Å²) < 4.78 is 8.25. The average Bonchev–Trinajstić information content (AvgIpc) is 3.65. The zero-order valence-electron chi connectivity index (χ0n) is 20.6. The highest BCUT2D eigenvalue weighted by Crippen LogP contribution is 2.38. The minimum absolute atomic E-state index is 0.00943. The van der Waals surface area contributed by atoms with Crippen LogP contribution >= 0.6 is 11.3 Å². The van der Waals surface area contributed by atoms with Crippen LogP contribution in [0.1, 0.15) is 16.6 Å². The van der Waals surface area contributed by atoms with Crippen molar-refractivity contribution >= 4 is 44.4 Å². The number of benzene rings is 2. The van der Waals surface area contributed by atoms with Crippen LogP contribution in [0.25, 0.3) is 32.0 Å². The maximum absolute atomic E-state index is 12.9. The summed E-state index contributed by atoms with van der Waals surface area (Å²) in [5, 5.41) is 44.9. The van der Waals surface area contributed by atoms with Crippen molar-refractivity contribution in [2.24, 2.45) is 0 Å². The predicted octanol–water partition coefficient (Wildman–Crippen LogP) is 1.70. The van der Waals surface area contributed by atoms with Gasteiger partial charge in [-0.25, -0.2) is 19.9 Å². The van der Waals surface area contributed by atoms with E-state index in [-0.39, 0.29) is 17.9 Å². The van der Waals surface area contributed by atoms with Crippen LogP contribution in [0.15, 0.2) is 61.2 Å². The average molecular weight is 562 g/mol. The number of carbonyl (C=O) groups excluding carboxylic acids is 1. The summed E-state index contributed by atoms with van der Waals surface area (Å²) in [5.74, 6) is -1.45. The fourth-order valence-electron chi connectivity index (χ4n) is 4.49. The Morgan fingerprint density at radius 3 is 2.80 bits per heavy atom. The minimum Gasteiger partial charge on any atom is -0.504 e. The van der Waals surface area contributed by atoms with E-state index in [9.17, 15) is 25.2 Å². The fraction of sp³-hybridized carbons (Fsp3) is 0.192. The number of ether oxygens (including phenoxy) is 1. The number of phenolic OH excluding ortho intramolecular Hbond substituents is 2. The van der Waals surface area contributed by atoms with Gasteiger partial charge in [0.15, 0.2) is 29.2 Å². The largest absolute Gasteiger partial charge is 0.504 e. The number of phenols is 2. The van der Waals surface area contributed by atoms with Crippen LogP contribution in [-0.2, 0) is 4.74 Å². The first-order valence-corrected chi connectivity index (χ1v) is 12.9. The first-order valence-electron chi connectivity index (χ1n) is 12.1. The van der Waals surface area contributed by atoms with Crippen LogP contribution in [-0.4, -0.2) is 75.7 Å². The van der Waals surface area contributed by atoms with E-state index < -0.39 is 41.9 Å². The van der Waals surface area contributed by atoms with E-state index in [0.717, 1.165) is 10.2 Å². The molecule has 2 aromatic carbocycles. The van der Waals surface area contributed by atoms with Gasteiger partial charge >= 0.3 is 0 Å². The van der Waals surface area contributed by atoms with Gasteiger partial charge < -0.3 is 36.2 Å². The molecule has 4 unspecified atom stereocenters. The Kier molecular flexibility index (Phi) is 6.51. The topological polar surface area (TPSA) is 202 Å². The molecule has 4 atom stereocenters. The molecule has 13 nitrogen and oxygen atoms in total. The van der Waals surface area contributed by atoms with Gasteiger partial charge in [-0.2, -0.15) is 0 Å². The van der Waals surface area contributed by atoms with Gasteiger partial charge in [-0.1, -0.05) is 24.3 Å². The van der Waals surface area contributed by atoms with Gasteiger partial charge in [0.1, 0.15) is 35.2 Å². The number of hydrogen-bond acceptors (Lipinski definition) is 12. The number of aromatic hydroxyl groups is 2. The van der Waals surface area contributed by atoms with Crippen LogP contribution in [0, 0.1) is 0 Å². The van der Waals surface area contributed by atoms with Crippen LogP contribution < -0.4 is 11.1 Å². The summed E-state index contributed by atoms with van der Waals surface area (Å²) in [7, 11) is 0. The highest BCUT2D eigenvalue weighted by molar-refractivity contribution is 7.21. The minimum atomic E-state index is -1.29. The van der Waals surface area contributed by atoms with Crippen molar-refractivity contribution in [3.05, 3.63) is 66.8 Å². The zero-order valence-corrected chi connectivity index (χ0v) is 21.4. The number of hydrogen-bond donors (Lipinski definition) is 6. The molecule has 0 bridgehead atoms. The monoisotopic (exact) mass is 561 g/mol. The molecule has 1 fully saturated rings. The van der Waals surface area contributed by atoms with E-state index in [1.807, 2.05) is 24.3 Å². The summed E-state index contributed by atoms with van der Waals surface area (Å²) >= 11 is 1.40. The molecule has 0 spiro atoms. The third-order valence-corrected chi connectivity index (χ3v) is 7.60. The number of para-hydroxylation sites is 1. The third-order valence-electron chi connectivity index (χ3n) is 6.52. The summed E-state index contributed by atoms with van der Waals surface area (Å²) in [6.07, 6.45) is 1.28. The Balaban J connectivity index is 1.14. The maximum Gasteiger partial charge on any atom is 0.255 e. The Morgan fingerprint density at radius 2 is 1.98 bits per heavy atom. The van der Waals surface area contributed by atoms with E-state index in [0.29, 0.717) is 21.7 Å². The van der Waals surface area contributed by atoms with E-state index in [4.69, 9.17) is 10.5 Å². The van der Waals surface area contributed by atoms with Gasteiger partial charge in [0.05, 0.1) is 22.1 Å². The Labute approximate surface area is 229 Å². The molecule has 1 aliphatic heterocycles. The number of thiazole rings is 1. The molecule has 1 aliphatic rings. The van der Waals surface area contributed by atoms with Gasteiger partial charge in [0, 0.05) is 12.1 Å². The lowest BCUT2D eigenvalue weighted by Crippen LogP contribution is -2.31. The van der Waals surface area contributed by atoms with Crippen molar-refractivity contribution in [2.75, 3.05) is 12.3 Å². The lowest BCUT2D eigenvalue weighted by Gasteiger charge is -2.16. The van der Waals surface area contributed by atoms with Crippen LogP contribution in [0.5, 0.6) is 11.5 Å². The zero-order chi connectivity index (χ0) is 28.0. The number of anilines is 1. The first kappa shape index (κ1) is 25.6.